The van der Waals surface area contributed by atoms with E-state index in [2.05, 4.69) is 15.5 Å². The second-order valence-electron chi connectivity index (χ2n) is 5.61. The SMILES string of the molecule is CNC(C)(CCCCSc1n[nH]c(=O)n1C1CC1)C(=O)O. The molecule has 8 heteroatoms. The van der Waals surface area contributed by atoms with Crippen LogP contribution >= 0.6 is 11.8 Å². The standard InChI is InChI=1S/C13H22N4O3S/c1-13(14-2,10(18)19)7-3-4-8-21-12-16-15-11(20)17(12)9-5-6-9/h9,14H,3-8H2,1-2H3,(H,15,20)(H,18,19). The highest BCUT2D eigenvalue weighted by Crippen LogP contribution is 2.36. The monoisotopic (exact) mass is 314 g/mol. The van der Waals surface area contributed by atoms with E-state index < -0.39 is 11.5 Å². The molecule has 3 N–H and O–H groups in total. The average Bonchev–Trinajstić information content (AvgIpc) is 3.22. The zero-order valence-electron chi connectivity index (χ0n) is 12.4. The van der Waals surface area contributed by atoms with Crippen LogP contribution in [0, 0.1) is 0 Å². The van der Waals surface area contributed by atoms with Crippen LogP contribution in [0.25, 0.3) is 0 Å². The van der Waals surface area contributed by atoms with Crippen LogP contribution in [0.2, 0.25) is 0 Å². The lowest BCUT2D eigenvalue weighted by atomic mass is 9.95. The predicted octanol–water partition coefficient (Wildman–Crippen LogP) is 1.23. The Morgan fingerprint density at radius 1 is 1.57 bits per heavy atom. The molecular formula is C13H22N4O3S. The first kappa shape index (κ1) is 16.1. The normalized spacial score (nSPS) is 17.6. The molecule has 0 amide bonds. The van der Waals surface area contributed by atoms with Crippen molar-refractivity contribution in [2.75, 3.05) is 12.8 Å². The summed E-state index contributed by atoms with van der Waals surface area (Å²) in [4.78, 5) is 22.8. The summed E-state index contributed by atoms with van der Waals surface area (Å²) >= 11 is 1.56. The molecule has 1 aliphatic carbocycles. The minimum absolute atomic E-state index is 0.131. The van der Waals surface area contributed by atoms with E-state index in [4.69, 9.17) is 5.11 Å². The third-order valence-electron chi connectivity index (χ3n) is 3.91. The summed E-state index contributed by atoms with van der Waals surface area (Å²) in [6, 6.07) is 0.318. The zero-order chi connectivity index (χ0) is 15.5. The van der Waals surface area contributed by atoms with Gasteiger partial charge in [-0.25, -0.2) is 9.89 Å². The third-order valence-corrected chi connectivity index (χ3v) is 4.95. The number of nitrogens with one attached hydrogen (secondary N) is 2. The second-order valence-corrected chi connectivity index (χ2v) is 6.67. The minimum Gasteiger partial charge on any atom is -0.480 e. The van der Waals surface area contributed by atoms with E-state index in [1.165, 1.54) is 0 Å². The van der Waals surface area contributed by atoms with E-state index in [0.717, 1.165) is 36.6 Å². The number of rotatable bonds is 9. The van der Waals surface area contributed by atoms with Gasteiger partial charge in [0.25, 0.3) is 0 Å². The van der Waals surface area contributed by atoms with Crippen LogP contribution in [0.5, 0.6) is 0 Å². The Labute approximate surface area is 127 Å². The Morgan fingerprint density at radius 3 is 2.86 bits per heavy atom. The number of hydrogen-bond donors (Lipinski definition) is 3. The summed E-state index contributed by atoms with van der Waals surface area (Å²) in [7, 11) is 1.67. The molecule has 1 saturated carbocycles. The Kier molecular flexibility index (Phi) is 5.10. The lowest BCUT2D eigenvalue weighted by Crippen LogP contribution is -2.47. The summed E-state index contributed by atoms with van der Waals surface area (Å²) in [6.45, 7) is 1.70. The van der Waals surface area contributed by atoms with Crippen molar-refractivity contribution < 1.29 is 9.90 Å². The summed E-state index contributed by atoms with van der Waals surface area (Å²) < 4.78 is 1.74. The lowest BCUT2D eigenvalue weighted by Gasteiger charge is -2.23. The third kappa shape index (κ3) is 3.88. The molecule has 1 unspecified atom stereocenters. The number of nitrogens with zero attached hydrogens (tertiary/aromatic N) is 2. The summed E-state index contributed by atoms with van der Waals surface area (Å²) in [6.07, 6.45) is 4.38. The number of aliphatic carboxylic acids is 1. The zero-order valence-corrected chi connectivity index (χ0v) is 13.2. The molecule has 7 nitrogen and oxygen atoms in total. The van der Waals surface area contributed by atoms with Crippen LogP contribution in [0.15, 0.2) is 9.95 Å². The van der Waals surface area contributed by atoms with E-state index in [-0.39, 0.29) is 5.69 Å². The molecule has 0 aromatic carbocycles. The summed E-state index contributed by atoms with van der Waals surface area (Å²) in [5, 5.41) is 19.3. The van der Waals surface area contributed by atoms with E-state index in [0.29, 0.717) is 12.5 Å². The number of carboxylic acid groups (broad SMARTS) is 1. The highest BCUT2D eigenvalue weighted by molar-refractivity contribution is 7.99. The van der Waals surface area contributed by atoms with Crippen molar-refractivity contribution in [2.45, 2.75) is 55.8 Å². The molecule has 1 fully saturated rings. The van der Waals surface area contributed by atoms with Crippen molar-refractivity contribution in [3.8, 4) is 0 Å². The maximum absolute atomic E-state index is 11.6. The average molecular weight is 314 g/mol. The van der Waals surface area contributed by atoms with Crippen molar-refractivity contribution >= 4 is 17.7 Å². The molecule has 0 saturated heterocycles. The van der Waals surface area contributed by atoms with Crippen molar-refractivity contribution in [1.82, 2.24) is 20.1 Å². The molecule has 21 heavy (non-hydrogen) atoms. The van der Waals surface area contributed by atoms with Crippen LogP contribution in [0.1, 0.15) is 45.1 Å². The van der Waals surface area contributed by atoms with E-state index in [9.17, 15) is 9.59 Å². The number of carbonyl (C=O) groups is 1. The molecule has 1 aromatic rings. The van der Waals surface area contributed by atoms with Gasteiger partial charge >= 0.3 is 11.7 Å². The van der Waals surface area contributed by atoms with Gasteiger partial charge in [0.2, 0.25) is 0 Å². The molecular weight excluding hydrogens is 292 g/mol. The smallest absolute Gasteiger partial charge is 0.344 e. The number of H-pyrrole nitrogens is 1. The Hall–Kier alpha value is -1.28. The molecule has 0 aliphatic heterocycles. The molecule has 0 spiro atoms. The fraction of sp³-hybridized carbons (Fsp3) is 0.769. The van der Waals surface area contributed by atoms with Gasteiger partial charge in [0.05, 0.1) is 0 Å². The Balaban J connectivity index is 1.75. The van der Waals surface area contributed by atoms with Gasteiger partial charge in [0, 0.05) is 11.8 Å². The molecule has 1 aromatic heterocycles. The molecule has 0 radical (unpaired) electrons. The van der Waals surface area contributed by atoms with Crippen LogP contribution in [-0.4, -0.2) is 44.2 Å². The predicted molar refractivity (Wildman–Crippen MR) is 80.8 cm³/mol. The first-order valence-electron chi connectivity index (χ1n) is 7.20. The molecule has 0 bridgehead atoms. The highest BCUT2D eigenvalue weighted by Gasteiger charge is 2.30. The highest BCUT2D eigenvalue weighted by atomic mass is 32.2. The maximum atomic E-state index is 11.6. The van der Waals surface area contributed by atoms with E-state index >= 15 is 0 Å². The van der Waals surface area contributed by atoms with Gasteiger partial charge < -0.3 is 10.4 Å². The largest absolute Gasteiger partial charge is 0.480 e. The number of thioether (sulfide) groups is 1. The first-order chi connectivity index (χ1) is 9.98. The number of carboxylic acids is 1. The number of hydrogen-bond acceptors (Lipinski definition) is 5. The lowest BCUT2D eigenvalue weighted by molar-refractivity contribution is -0.144. The number of unbranched alkanes of at least 4 members (excludes halogenated alkanes) is 1. The van der Waals surface area contributed by atoms with Gasteiger partial charge in [-0.2, -0.15) is 0 Å². The Morgan fingerprint density at radius 2 is 2.29 bits per heavy atom. The maximum Gasteiger partial charge on any atom is 0.344 e. The summed E-state index contributed by atoms with van der Waals surface area (Å²) in [5.41, 5.74) is -0.999. The van der Waals surface area contributed by atoms with Gasteiger partial charge in [0.1, 0.15) is 5.54 Å². The molecule has 1 heterocycles. The van der Waals surface area contributed by atoms with Gasteiger partial charge in [-0.3, -0.25) is 9.36 Å². The number of aromatic amines is 1. The van der Waals surface area contributed by atoms with E-state index in [1.54, 1.807) is 30.3 Å². The van der Waals surface area contributed by atoms with Crippen LogP contribution in [-0.2, 0) is 4.79 Å². The molecule has 118 valence electrons. The first-order valence-corrected chi connectivity index (χ1v) is 8.18. The van der Waals surface area contributed by atoms with Crippen molar-refractivity contribution in [3.63, 3.8) is 0 Å². The summed E-state index contributed by atoms with van der Waals surface area (Å²) in [5.74, 6) is 0.00342. The molecule has 1 aliphatic rings. The fourth-order valence-corrected chi connectivity index (χ4v) is 3.14. The Bertz CT molecular complexity index is 552. The molecule has 2 rings (SSSR count). The van der Waals surface area contributed by atoms with Crippen molar-refractivity contribution in [1.29, 1.82) is 0 Å². The second kappa shape index (κ2) is 6.65. The minimum atomic E-state index is -0.868. The van der Waals surface area contributed by atoms with Crippen LogP contribution in [0.4, 0.5) is 0 Å². The van der Waals surface area contributed by atoms with Gasteiger partial charge in [-0.15, -0.1) is 5.10 Å². The van der Waals surface area contributed by atoms with Gasteiger partial charge in [-0.1, -0.05) is 18.2 Å². The number of aromatic nitrogens is 3. The van der Waals surface area contributed by atoms with E-state index in [1.807, 2.05) is 0 Å². The van der Waals surface area contributed by atoms with Crippen LogP contribution in [0.3, 0.4) is 0 Å². The molecule has 1 atom stereocenters. The topological polar surface area (TPSA) is 100 Å². The van der Waals surface area contributed by atoms with Crippen molar-refractivity contribution in [2.24, 2.45) is 0 Å². The quantitative estimate of drug-likeness (QED) is 0.468. The number of likely N-dealkylation sites (N-methyl/N-ethyl adjacent to an activating group) is 1. The fourth-order valence-electron chi connectivity index (χ4n) is 2.13. The van der Waals surface area contributed by atoms with Gasteiger partial charge in [-0.05, 0) is 39.7 Å². The van der Waals surface area contributed by atoms with Gasteiger partial charge in [0.15, 0.2) is 5.16 Å². The van der Waals surface area contributed by atoms with Crippen LogP contribution < -0.4 is 11.0 Å². The van der Waals surface area contributed by atoms with Crippen molar-refractivity contribution in [3.05, 3.63) is 10.5 Å².